The molecule has 1 aliphatic rings. The second kappa shape index (κ2) is 11.3. The summed E-state index contributed by atoms with van der Waals surface area (Å²) in [5, 5.41) is 2.72. The predicted molar refractivity (Wildman–Crippen MR) is 128 cm³/mol. The van der Waals surface area contributed by atoms with Crippen LogP contribution in [-0.2, 0) is 16.1 Å². The molecular weight excluding hydrogens is 434 g/mol. The molecule has 2 aromatic heterocycles. The second-order valence-electron chi connectivity index (χ2n) is 8.79. The van der Waals surface area contributed by atoms with E-state index in [4.69, 9.17) is 19.9 Å². The lowest BCUT2D eigenvalue weighted by molar-refractivity contribution is -0.132. The fraction of sp³-hybridized carbons (Fsp3) is 0.480. The fourth-order valence-corrected chi connectivity index (χ4v) is 4.57. The van der Waals surface area contributed by atoms with Gasteiger partial charge in [-0.1, -0.05) is 12.1 Å². The SMILES string of the molecule is COCCCn1c(C2CCCN(C(=O)CC(N)CNC(=O)c3ccco3)C2)nc2ccccc21. The van der Waals surface area contributed by atoms with Crippen molar-refractivity contribution in [3.8, 4) is 0 Å². The predicted octanol–water partition coefficient (Wildman–Crippen LogP) is 2.52. The summed E-state index contributed by atoms with van der Waals surface area (Å²) < 4.78 is 12.6. The van der Waals surface area contributed by atoms with Crippen molar-refractivity contribution in [3.63, 3.8) is 0 Å². The van der Waals surface area contributed by atoms with Crippen LogP contribution in [-0.4, -0.2) is 65.7 Å². The summed E-state index contributed by atoms with van der Waals surface area (Å²) >= 11 is 0. The van der Waals surface area contributed by atoms with Crippen LogP contribution >= 0.6 is 0 Å². The molecule has 1 aliphatic heterocycles. The van der Waals surface area contributed by atoms with Gasteiger partial charge in [0.25, 0.3) is 5.91 Å². The zero-order valence-corrected chi connectivity index (χ0v) is 19.6. The molecule has 9 heteroatoms. The minimum Gasteiger partial charge on any atom is -0.459 e. The van der Waals surface area contributed by atoms with Gasteiger partial charge in [0.05, 0.1) is 17.3 Å². The van der Waals surface area contributed by atoms with Gasteiger partial charge < -0.3 is 29.7 Å². The quantitative estimate of drug-likeness (QED) is 0.443. The Bertz CT molecular complexity index is 1090. The zero-order valence-electron chi connectivity index (χ0n) is 19.6. The molecule has 2 atom stereocenters. The number of furan rings is 1. The monoisotopic (exact) mass is 467 g/mol. The van der Waals surface area contributed by atoms with Crippen LogP contribution in [0.15, 0.2) is 47.1 Å². The van der Waals surface area contributed by atoms with Crippen molar-refractivity contribution < 1.29 is 18.7 Å². The van der Waals surface area contributed by atoms with Crippen LogP contribution in [0.4, 0.5) is 0 Å². The standard InChI is InChI=1S/C25H33N5O4/c1-33-13-6-12-30-21-9-3-2-8-20(21)28-24(30)18-7-4-11-29(17-18)23(31)15-19(26)16-27-25(32)22-10-5-14-34-22/h2-3,5,8-10,14,18-19H,4,6-7,11-13,15-17,26H2,1H3,(H,27,32). The molecule has 1 aromatic carbocycles. The third kappa shape index (κ3) is 5.66. The maximum absolute atomic E-state index is 13.0. The molecule has 0 radical (unpaired) electrons. The fourth-order valence-electron chi connectivity index (χ4n) is 4.57. The molecule has 3 aromatic rings. The van der Waals surface area contributed by atoms with Gasteiger partial charge in [0.1, 0.15) is 5.82 Å². The van der Waals surface area contributed by atoms with Gasteiger partial charge >= 0.3 is 0 Å². The van der Waals surface area contributed by atoms with E-state index < -0.39 is 6.04 Å². The molecule has 34 heavy (non-hydrogen) atoms. The highest BCUT2D eigenvalue weighted by Gasteiger charge is 2.29. The van der Waals surface area contributed by atoms with E-state index >= 15 is 0 Å². The van der Waals surface area contributed by atoms with Crippen molar-refractivity contribution >= 4 is 22.8 Å². The van der Waals surface area contributed by atoms with Crippen LogP contribution < -0.4 is 11.1 Å². The molecule has 2 amide bonds. The Kier molecular flexibility index (Phi) is 7.97. The number of likely N-dealkylation sites (tertiary alicyclic amines) is 1. The zero-order chi connectivity index (χ0) is 23.9. The molecule has 182 valence electrons. The molecule has 9 nitrogen and oxygen atoms in total. The average Bonchev–Trinajstić information content (AvgIpc) is 3.52. The maximum Gasteiger partial charge on any atom is 0.287 e. The van der Waals surface area contributed by atoms with Crippen LogP contribution in [0.5, 0.6) is 0 Å². The van der Waals surface area contributed by atoms with Gasteiger partial charge in [0.2, 0.25) is 5.91 Å². The lowest BCUT2D eigenvalue weighted by Crippen LogP contribution is -2.45. The van der Waals surface area contributed by atoms with Crippen LogP contribution in [0.1, 0.15) is 48.0 Å². The number of aromatic nitrogens is 2. The Morgan fingerprint density at radius 3 is 2.94 bits per heavy atom. The summed E-state index contributed by atoms with van der Waals surface area (Å²) in [6.45, 7) is 3.06. The Labute approximate surface area is 199 Å². The van der Waals surface area contributed by atoms with E-state index in [1.807, 2.05) is 23.1 Å². The van der Waals surface area contributed by atoms with Crippen LogP contribution in [0.25, 0.3) is 11.0 Å². The molecule has 1 fully saturated rings. The Hall–Kier alpha value is -3.17. The van der Waals surface area contributed by atoms with Crippen molar-refractivity contribution in [2.45, 2.75) is 44.2 Å². The molecule has 0 saturated carbocycles. The number of methoxy groups -OCH3 is 1. The largest absolute Gasteiger partial charge is 0.459 e. The second-order valence-corrected chi connectivity index (χ2v) is 8.79. The number of nitrogens with zero attached hydrogens (tertiary/aromatic N) is 3. The summed E-state index contributed by atoms with van der Waals surface area (Å²) in [5.41, 5.74) is 8.25. The first-order chi connectivity index (χ1) is 16.6. The van der Waals surface area contributed by atoms with E-state index in [1.54, 1.807) is 19.2 Å². The van der Waals surface area contributed by atoms with Crippen molar-refractivity contribution in [1.29, 1.82) is 0 Å². The average molecular weight is 468 g/mol. The lowest BCUT2D eigenvalue weighted by atomic mass is 9.96. The number of amides is 2. The smallest absolute Gasteiger partial charge is 0.287 e. The number of imidazole rings is 1. The third-order valence-electron chi connectivity index (χ3n) is 6.26. The van der Waals surface area contributed by atoms with Crippen LogP contribution in [0.2, 0.25) is 0 Å². The third-order valence-corrected chi connectivity index (χ3v) is 6.26. The van der Waals surface area contributed by atoms with Crippen molar-refractivity contribution in [2.75, 3.05) is 33.4 Å². The number of aryl methyl sites for hydroxylation is 1. The van der Waals surface area contributed by atoms with Gasteiger partial charge in [0.15, 0.2) is 5.76 Å². The molecule has 0 bridgehead atoms. The van der Waals surface area contributed by atoms with Gasteiger partial charge in [0, 0.05) is 58.3 Å². The summed E-state index contributed by atoms with van der Waals surface area (Å²) in [6, 6.07) is 10.9. The number of ether oxygens (including phenoxy) is 1. The summed E-state index contributed by atoms with van der Waals surface area (Å²) in [5.74, 6) is 1.10. The topological polar surface area (TPSA) is 116 Å². The van der Waals surface area contributed by atoms with Crippen LogP contribution in [0.3, 0.4) is 0 Å². The van der Waals surface area contributed by atoms with Gasteiger partial charge in [-0.3, -0.25) is 9.59 Å². The number of nitrogens with one attached hydrogen (secondary N) is 1. The molecule has 0 spiro atoms. The molecule has 3 heterocycles. The normalized spacial score (nSPS) is 17.1. The van der Waals surface area contributed by atoms with E-state index in [-0.39, 0.29) is 36.5 Å². The number of carbonyl (C=O) groups is 2. The minimum atomic E-state index is -0.467. The number of para-hydroxylation sites is 2. The van der Waals surface area contributed by atoms with E-state index in [2.05, 4.69) is 16.0 Å². The van der Waals surface area contributed by atoms with Gasteiger partial charge in [-0.05, 0) is 43.5 Å². The maximum atomic E-state index is 13.0. The molecule has 3 N–H and O–H groups in total. The van der Waals surface area contributed by atoms with E-state index in [9.17, 15) is 9.59 Å². The highest BCUT2D eigenvalue weighted by atomic mass is 16.5. The van der Waals surface area contributed by atoms with Crippen molar-refractivity contribution in [3.05, 3.63) is 54.2 Å². The Morgan fingerprint density at radius 2 is 2.15 bits per heavy atom. The van der Waals surface area contributed by atoms with Gasteiger partial charge in [-0.25, -0.2) is 4.98 Å². The first kappa shape index (κ1) is 24.0. The van der Waals surface area contributed by atoms with Crippen molar-refractivity contribution in [2.24, 2.45) is 5.73 Å². The molecule has 2 unspecified atom stereocenters. The van der Waals surface area contributed by atoms with E-state index in [1.165, 1.54) is 6.26 Å². The Morgan fingerprint density at radius 1 is 1.29 bits per heavy atom. The summed E-state index contributed by atoms with van der Waals surface area (Å²) in [4.78, 5) is 31.9. The highest BCUT2D eigenvalue weighted by Crippen LogP contribution is 2.30. The molecule has 0 aliphatic carbocycles. The number of rotatable bonds is 10. The van der Waals surface area contributed by atoms with Crippen molar-refractivity contribution in [1.82, 2.24) is 19.8 Å². The summed E-state index contributed by atoms with van der Waals surface area (Å²) in [6.07, 6.45) is 4.43. The van der Waals surface area contributed by atoms with Gasteiger partial charge in [-0.2, -0.15) is 0 Å². The van der Waals surface area contributed by atoms with E-state index in [0.29, 0.717) is 19.7 Å². The number of benzene rings is 1. The summed E-state index contributed by atoms with van der Waals surface area (Å²) in [7, 11) is 1.71. The van der Waals surface area contributed by atoms with Crippen LogP contribution in [0, 0.1) is 0 Å². The number of nitrogens with two attached hydrogens (primary N) is 1. The number of carbonyl (C=O) groups excluding carboxylic acids is 2. The number of fused-ring (bicyclic) bond motifs is 1. The highest BCUT2D eigenvalue weighted by molar-refractivity contribution is 5.91. The minimum absolute atomic E-state index is 0.00601. The number of piperidine rings is 1. The lowest BCUT2D eigenvalue weighted by Gasteiger charge is -2.33. The van der Waals surface area contributed by atoms with Gasteiger partial charge in [-0.15, -0.1) is 0 Å². The number of hydrogen-bond acceptors (Lipinski definition) is 6. The Balaban J connectivity index is 1.38. The molecular formula is C25H33N5O4. The first-order valence-corrected chi connectivity index (χ1v) is 11.9. The first-order valence-electron chi connectivity index (χ1n) is 11.9. The molecule has 1 saturated heterocycles. The van der Waals surface area contributed by atoms with E-state index in [0.717, 1.165) is 42.7 Å². The number of hydrogen-bond donors (Lipinski definition) is 2. The molecule has 4 rings (SSSR count).